The lowest BCUT2D eigenvalue weighted by Gasteiger charge is -2.37. The standard InChI is InChI=1S/C22H32N2O4S4/c1-17-9-13-19(14-10-17)31(25,26)23(21(3,4)5)29-30-24(22(6,7)8)32(27,28)20-15-11-18(2)12-16-20/h9-16H,1-8H3. The van der Waals surface area contributed by atoms with Crippen LogP contribution in [0.3, 0.4) is 0 Å². The van der Waals surface area contributed by atoms with Crippen molar-refractivity contribution in [3.63, 3.8) is 0 Å². The van der Waals surface area contributed by atoms with Gasteiger partial charge in [-0.15, -0.1) is 7.42 Å². The van der Waals surface area contributed by atoms with Gasteiger partial charge in [0.2, 0.25) is 0 Å². The van der Waals surface area contributed by atoms with Gasteiger partial charge < -0.3 is 0 Å². The van der Waals surface area contributed by atoms with Crippen molar-refractivity contribution >= 4 is 42.0 Å². The molecule has 0 aliphatic rings. The third kappa shape index (κ3) is 6.30. The average molecular weight is 517 g/mol. The Balaban J connectivity index is 2.44. The Labute approximate surface area is 201 Å². The van der Waals surface area contributed by atoms with E-state index in [2.05, 4.69) is 0 Å². The van der Waals surface area contributed by atoms with Gasteiger partial charge in [-0.05, 0) is 79.7 Å². The van der Waals surface area contributed by atoms with E-state index in [0.29, 0.717) is 0 Å². The summed E-state index contributed by atoms with van der Waals surface area (Å²) < 4.78 is 56.3. The summed E-state index contributed by atoms with van der Waals surface area (Å²) in [6, 6.07) is 13.3. The highest BCUT2D eigenvalue weighted by molar-refractivity contribution is 8.76. The van der Waals surface area contributed by atoms with Crippen LogP contribution in [-0.2, 0) is 20.0 Å². The van der Waals surface area contributed by atoms with Gasteiger partial charge in [0.25, 0.3) is 20.0 Å². The molecule has 0 fully saturated rings. The first kappa shape index (κ1) is 27.2. The summed E-state index contributed by atoms with van der Waals surface area (Å²) in [4.78, 5) is 0.324. The summed E-state index contributed by atoms with van der Waals surface area (Å²) in [7, 11) is -5.95. The molecule has 0 aromatic heterocycles. The first-order valence-corrected chi connectivity index (χ1v) is 15.0. The number of benzene rings is 2. The van der Waals surface area contributed by atoms with Crippen LogP contribution in [0.4, 0.5) is 0 Å². The minimum absolute atomic E-state index is 0.162. The Kier molecular flexibility index (Phi) is 8.23. The molecule has 0 unspecified atom stereocenters. The minimum atomic E-state index is -3.88. The second-order valence-corrected chi connectivity index (χ2v) is 15.5. The van der Waals surface area contributed by atoms with Crippen molar-refractivity contribution in [2.45, 2.75) is 76.3 Å². The topological polar surface area (TPSA) is 74.8 Å². The van der Waals surface area contributed by atoms with Crippen molar-refractivity contribution < 1.29 is 16.8 Å². The fourth-order valence-corrected chi connectivity index (χ4v) is 10.8. The Morgan fingerprint density at radius 2 is 0.812 bits per heavy atom. The second-order valence-electron chi connectivity index (χ2n) is 9.58. The van der Waals surface area contributed by atoms with Crippen molar-refractivity contribution in [2.24, 2.45) is 0 Å². The lowest BCUT2D eigenvalue weighted by molar-refractivity contribution is 0.374. The molecule has 32 heavy (non-hydrogen) atoms. The highest BCUT2D eigenvalue weighted by Crippen LogP contribution is 2.44. The maximum Gasteiger partial charge on any atom is 0.253 e. The Hall–Kier alpha value is -1.04. The van der Waals surface area contributed by atoms with Gasteiger partial charge in [-0.25, -0.2) is 16.8 Å². The Bertz CT molecular complexity index is 1040. The van der Waals surface area contributed by atoms with Gasteiger partial charge in [-0.2, -0.15) is 0 Å². The predicted molar refractivity (Wildman–Crippen MR) is 135 cm³/mol. The van der Waals surface area contributed by atoms with Gasteiger partial charge in [-0.1, -0.05) is 35.4 Å². The third-order valence-electron chi connectivity index (χ3n) is 4.34. The predicted octanol–water partition coefficient (Wildman–Crippen LogP) is 5.79. The number of rotatable bonds is 7. The minimum Gasteiger partial charge on any atom is -0.206 e. The quantitative estimate of drug-likeness (QED) is 0.342. The van der Waals surface area contributed by atoms with Gasteiger partial charge in [0.1, 0.15) is 0 Å². The number of nitrogens with zero attached hydrogens (tertiary/aromatic N) is 2. The molecule has 178 valence electrons. The smallest absolute Gasteiger partial charge is 0.206 e. The lowest BCUT2D eigenvalue weighted by atomic mass is 10.1. The molecule has 0 atom stereocenters. The van der Waals surface area contributed by atoms with Crippen molar-refractivity contribution in [3.8, 4) is 0 Å². The molecule has 2 aromatic carbocycles. The van der Waals surface area contributed by atoms with Crippen molar-refractivity contribution in [2.75, 3.05) is 0 Å². The van der Waals surface area contributed by atoms with E-state index in [9.17, 15) is 16.8 Å². The number of hydrogen-bond donors (Lipinski definition) is 0. The summed E-state index contributed by atoms with van der Waals surface area (Å²) in [5.74, 6) is 0. The number of hydrogen-bond acceptors (Lipinski definition) is 6. The molecule has 0 saturated heterocycles. The van der Waals surface area contributed by atoms with Crippen LogP contribution in [-0.4, -0.2) is 35.3 Å². The maximum absolute atomic E-state index is 13.4. The van der Waals surface area contributed by atoms with Crippen molar-refractivity contribution in [1.29, 1.82) is 0 Å². The van der Waals surface area contributed by atoms with Gasteiger partial charge >= 0.3 is 0 Å². The van der Waals surface area contributed by atoms with Gasteiger partial charge in [0, 0.05) is 33.0 Å². The normalized spacial score (nSPS) is 13.7. The largest absolute Gasteiger partial charge is 0.253 e. The zero-order valence-corrected chi connectivity index (χ0v) is 23.0. The first-order chi connectivity index (χ1) is 14.5. The van der Waals surface area contributed by atoms with Crippen LogP contribution in [0.15, 0.2) is 58.3 Å². The summed E-state index contributed by atoms with van der Waals surface area (Å²) >= 11 is 0. The second kappa shape index (κ2) is 9.68. The molecule has 0 N–H and O–H groups in total. The van der Waals surface area contributed by atoms with E-state index in [1.165, 1.54) is 7.42 Å². The molecular formula is C22H32N2O4S4. The van der Waals surface area contributed by atoms with Crippen LogP contribution in [0.2, 0.25) is 0 Å². The van der Waals surface area contributed by atoms with Crippen LogP contribution in [0, 0.1) is 13.8 Å². The van der Waals surface area contributed by atoms with E-state index in [-0.39, 0.29) is 9.79 Å². The molecule has 2 rings (SSSR count). The molecular weight excluding hydrogens is 485 g/mol. The highest BCUT2D eigenvalue weighted by Gasteiger charge is 2.40. The third-order valence-corrected chi connectivity index (χ3v) is 12.8. The number of sulfonamides is 2. The fourth-order valence-electron chi connectivity index (χ4n) is 2.70. The molecule has 0 amide bonds. The van der Waals surface area contributed by atoms with Crippen LogP contribution in [0.25, 0.3) is 0 Å². The summed E-state index contributed by atoms with van der Waals surface area (Å²) in [5.41, 5.74) is 0.324. The van der Waals surface area contributed by atoms with E-state index < -0.39 is 31.1 Å². The van der Waals surface area contributed by atoms with E-state index in [4.69, 9.17) is 0 Å². The molecule has 0 radical (unpaired) electrons. The zero-order valence-electron chi connectivity index (χ0n) is 19.8. The van der Waals surface area contributed by atoms with Gasteiger partial charge in [0.05, 0.1) is 9.79 Å². The van der Waals surface area contributed by atoms with E-state index in [1.54, 1.807) is 90.1 Å². The lowest BCUT2D eigenvalue weighted by Crippen LogP contribution is -2.43. The summed E-state index contributed by atoms with van der Waals surface area (Å²) in [5, 5.41) is 0. The first-order valence-electron chi connectivity index (χ1n) is 10.1. The van der Waals surface area contributed by atoms with E-state index in [0.717, 1.165) is 33.1 Å². The summed E-state index contributed by atoms with van der Waals surface area (Å²) in [6.07, 6.45) is 0. The summed E-state index contributed by atoms with van der Waals surface area (Å²) in [6.45, 7) is 14.5. The van der Waals surface area contributed by atoms with E-state index in [1.807, 2.05) is 13.8 Å². The van der Waals surface area contributed by atoms with Gasteiger partial charge in [0.15, 0.2) is 0 Å². The fraction of sp³-hybridized carbons (Fsp3) is 0.455. The molecule has 0 saturated carbocycles. The average Bonchev–Trinajstić information content (AvgIpc) is 2.63. The van der Waals surface area contributed by atoms with Crippen molar-refractivity contribution in [1.82, 2.24) is 7.42 Å². The Morgan fingerprint density at radius 3 is 1.03 bits per heavy atom. The SMILES string of the molecule is Cc1ccc(S(=O)(=O)N(SSN(C(C)(C)C)S(=O)(=O)c2ccc(C)cc2)C(C)(C)C)cc1. The number of aryl methyl sites for hydroxylation is 2. The molecule has 0 aliphatic heterocycles. The zero-order chi connectivity index (χ0) is 24.5. The maximum atomic E-state index is 13.4. The molecule has 2 aromatic rings. The van der Waals surface area contributed by atoms with Gasteiger partial charge in [-0.3, -0.25) is 0 Å². The molecule has 0 heterocycles. The molecule has 10 heteroatoms. The molecule has 6 nitrogen and oxygen atoms in total. The Morgan fingerprint density at radius 1 is 0.562 bits per heavy atom. The van der Waals surface area contributed by atoms with Crippen LogP contribution in [0.5, 0.6) is 0 Å². The molecule has 0 spiro atoms. The van der Waals surface area contributed by atoms with E-state index >= 15 is 0 Å². The van der Waals surface area contributed by atoms with Crippen LogP contribution < -0.4 is 0 Å². The van der Waals surface area contributed by atoms with Crippen LogP contribution >= 0.6 is 22.0 Å². The molecule has 0 aliphatic carbocycles. The highest BCUT2D eigenvalue weighted by atomic mass is 33.1. The van der Waals surface area contributed by atoms with Crippen LogP contribution in [0.1, 0.15) is 52.7 Å². The van der Waals surface area contributed by atoms with Crippen molar-refractivity contribution in [3.05, 3.63) is 59.7 Å². The molecule has 0 bridgehead atoms. The monoisotopic (exact) mass is 516 g/mol.